The Bertz CT molecular complexity index is 3620. The molecule has 13 aromatic carbocycles. The zero-order chi connectivity index (χ0) is 36.9. The summed E-state index contributed by atoms with van der Waals surface area (Å²) in [5, 5.41) is 23.5. The van der Waals surface area contributed by atoms with Crippen LogP contribution in [0.1, 0.15) is 0 Å². The molecule has 0 aliphatic carbocycles. The van der Waals surface area contributed by atoms with Gasteiger partial charge in [0.25, 0.3) is 0 Å². The van der Waals surface area contributed by atoms with Crippen LogP contribution in [0, 0.1) is 0 Å². The molecule has 0 bridgehead atoms. The molecule has 0 aliphatic rings. The second kappa shape index (κ2) is 10.6. The lowest BCUT2D eigenvalue weighted by Gasteiger charge is -2.15. The van der Waals surface area contributed by atoms with Crippen molar-refractivity contribution >= 4 is 108 Å². The van der Waals surface area contributed by atoms with Gasteiger partial charge < -0.3 is 4.57 Å². The Morgan fingerprint density at radius 1 is 0.246 bits per heavy atom. The van der Waals surface area contributed by atoms with E-state index in [-0.39, 0.29) is 0 Å². The smallest absolute Gasteiger partial charge is 0.0548 e. The standard InChI is InChI=1S/C56H31N/c1-2-12-45-32(6-1)7-5-13-48(45)57-49-26-24-43(41-28-37-18-14-33-8-3-9-34-15-19-38(29-41)53(37)51(33)34)46-22-23-47-44(25-27-50(57)56(47)55(46)49)42-30-39-20-16-35-10-4-11-36-17-21-40(31-42)54(39)52(35)36/h1-31H. The predicted molar refractivity (Wildman–Crippen MR) is 245 cm³/mol. The first-order valence-corrected chi connectivity index (χ1v) is 19.9. The molecular weight excluding hydrogens is 687 g/mol. The summed E-state index contributed by atoms with van der Waals surface area (Å²) in [4.78, 5) is 0. The highest BCUT2D eigenvalue weighted by Gasteiger charge is 2.23. The molecule has 1 nitrogen and oxygen atoms in total. The molecule has 14 rings (SSSR count). The summed E-state index contributed by atoms with van der Waals surface area (Å²) in [5.41, 5.74) is 8.70. The van der Waals surface area contributed by atoms with Crippen LogP contribution in [0.5, 0.6) is 0 Å². The Kier molecular flexibility index (Phi) is 5.56. The highest BCUT2D eigenvalue weighted by molar-refractivity contribution is 6.31. The van der Waals surface area contributed by atoms with Crippen LogP contribution in [0.2, 0.25) is 0 Å². The van der Waals surface area contributed by atoms with Crippen LogP contribution in [0.4, 0.5) is 0 Å². The van der Waals surface area contributed by atoms with Gasteiger partial charge in [-0.1, -0.05) is 146 Å². The lowest BCUT2D eigenvalue weighted by Crippen LogP contribution is -1.95. The summed E-state index contributed by atoms with van der Waals surface area (Å²) in [6, 6.07) is 71.0. The van der Waals surface area contributed by atoms with Gasteiger partial charge in [0.05, 0.1) is 16.7 Å². The van der Waals surface area contributed by atoms with Crippen molar-refractivity contribution in [2.75, 3.05) is 0 Å². The first kappa shape index (κ1) is 29.8. The molecule has 0 radical (unpaired) electrons. The first-order valence-electron chi connectivity index (χ1n) is 19.9. The van der Waals surface area contributed by atoms with E-state index >= 15 is 0 Å². The third kappa shape index (κ3) is 3.88. The predicted octanol–water partition coefficient (Wildman–Crippen LogP) is 15.7. The fraction of sp³-hybridized carbons (Fsp3) is 0. The van der Waals surface area contributed by atoms with E-state index < -0.39 is 0 Å². The second-order valence-electron chi connectivity index (χ2n) is 16.0. The normalized spacial score (nSPS) is 12.6. The fourth-order valence-corrected chi connectivity index (χ4v) is 10.7. The largest absolute Gasteiger partial charge is 0.309 e. The Hall–Kier alpha value is -7.48. The van der Waals surface area contributed by atoms with Gasteiger partial charge >= 0.3 is 0 Å². The lowest BCUT2D eigenvalue weighted by molar-refractivity contribution is 1.20. The van der Waals surface area contributed by atoms with Crippen LogP contribution < -0.4 is 0 Å². The molecule has 1 aromatic heterocycles. The van der Waals surface area contributed by atoms with Gasteiger partial charge in [0.15, 0.2) is 0 Å². The third-order valence-electron chi connectivity index (χ3n) is 13.2. The van der Waals surface area contributed by atoms with Crippen LogP contribution >= 0.6 is 0 Å². The molecule has 0 unspecified atom stereocenters. The quantitative estimate of drug-likeness (QED) is 0.160. The third-order valence-corrected chi connectivity index (χ3v) is 13.2. The molecule has 1 heteroatoms. The van der Waals surface area contributed by atoms with E-state index in [9.17, 15) is 0 Å². The first-order chi connectivity index (χ1) is 28.2. The minimum absolute atomic E-state index is 1.21. The van der Waals surface area contributed by atoms with Gasteiger partial charge in [-0.25, -0.2) is 0 Å². The van der Waals surface area contributed by atoms with Gasteiger partial charge in [-0.2, -0.15) is 0 Å². The van der Waals surface area contributed by atoms with Gasteiger partial charge in [-0.15, -0.1) is 0 Å². The fourth-order valence-electron chi connectivity index (χ4n) is 10.7. The van der Waals surface area contributed by atoms with Crippen LogP contribution in [-0.2, 0) is 0 Å². The van der Waals surface area contributed by atoms with Gasteiger partial charge in [0.1, 0.15) is 0 Å². The van der Waals surface area contributed by atoms with E-state index in [2.05, 4.69) is 193 Å². The number of aromatic nitrogens is 1. The summed E-state index contributed by atoms with van der Waals surface area (Å²) < 4.78 is 2.52. The minimum Gasteiger partial charge on any atom is -0.309 e. The van der Waals surface area contributed by atoms with Crippen molar-refractivity contribution in [2.45, 2.75) is 0 Å². The van der Waals surface area contributed by atoms with Gasteiger partial charge in [0, 0.05) is 16.2 Å². The van der Waals surface area contributed by atoms with E-state index in [0.29, 0.717) is 0 Å². The maximum Gasteiger partial charge on any atom is 0.0548 e. The summed E-state index contributed by atoms with van der Waals surface area (Å²) in [5.74, 6) is 0. The molecule has 260 valence electrons. The van der Waals surface area contributed by atoms with Crippen molar-refractivity contribution in [3.63, 3.8) is 0 Å². The topological polar surface area (TPSA) is 4.93 Å². The highest BCUT2D eigenvalue weighted by Crippen LogP contribution is 2.48. The summed E-state index contributed by atoms with van der Waals surface area (Å²) in [6.45, 7) is 0. The molecule has 0 saturated carbocycles. The van der Waals surface area contributed by atoms with Crippen molar-refractivity contribution in [1.82, 2.24) is 4.57 Å². The van der Waals surface area contributed by atoms with Crippen LogP contribution in [0.25, 0.3) is 136 Å². The second-order valence-corrected chi connectivity index (χ2v) is 16.0. The van der Waals surface area contributed by atoms with Crippen LogP contribution in [-0.4, -0.2) is 4.57 Å². The molecule has 0 amide bonds. The molecule has 0 aliphatic heterocycles. The Labute approximate surface area is 327 Å². The van der Waals surface area contributed by atoms with Crippen molar-refractivity contribution in [3.05, 3.63) is 188 Å². The van der Waals surface area contributed by atoms with Gasteiger partial charge in [-0.05, 0) is 146 Å². The van der Waals surface area contributed by atoms with Crippen molar-refractivity contribution in [3.8, 4) is 27.9 Å². The molecule has 0 saturated heterocycles. The van der Waals surface area contributed by atoms with Gasteiger partial charge in [0.2, 0.25) is 0 Å². The van der Waals surface area contributed by atoms with E-state index in [1.165, 1.54) is 136 Å². The van der Waals surface area contributed by atoms with Crippen LogP contribution in [0.3, 0.4) is 0 Å². The lowest BCUT2D eigenvalue weighted by atomic mass is 9.88. The molecule has 57 heavy (non-hydrogen) atoms. The Balaban J connectivity index is 1.07. The van der Waals surface area contributed by atoms with E-state index in [1.807, 2.05) is 0 Å². The van der Waals surface area contributed by atoms with Crippen molar-refractivity contribution in [2.24, 2.45) is 0 Å². The average molecular weight is 718 g/mol. The number of rotatable bonds is 3. The Morgan fingerprint density at radius 2 is 0.632 bits per heavy atom. The summed E-state index contributed by atoms with van der Waals surface area (Å²) in [7, 11) is 0. The van der Waals surface area contributed by atoms with E-state index in [1.54, 1.807) is 0 Å². The SMILES string of the molecule is c1ccc2c(-n3c4ccc(-c5cc6ccc7cccc8ccc(c5)c6c78)c5ccc6c(-c7cc8ccc9cccc%10ccc(c7)c8c9%10)ccc3c6c54)cccc2c1. The highest BCUT2D eigenvalue weighted by atomic mass is 15.0. The number of hydrogen-bond donors (Lipinski definition) is 0. The monoisotopic (exact) mass is 717 g/mol. The molecular formula is C56H31N. The number of fused-ring (bicyclic) bond motifs is 1. The van der Waals surface area contributed by atoms with Gasteiger partial charge in [-0.3, -0.25) is 0 Å². The average Bonchev–Trinajstić information content (AvgIpc) is 3.61. The Morgan fingerprint density at radius 3 is 1.12 bits per heavy atom. The zero-order valence-electron chi connectivity index (χ0n) is 30.8. The van der Waals surface area contributed by atoms with Crippen molar-refractivity contribution in [1.29, 1.82) is 0 Å². The number of nitrogens with zero attached hydrogens (tertiary/aromatic N) is 1. The molecule has 14 aromatic rings. The summed E-state index contributed by atoms with van der Waals surface area (Å²) >= 11 is 0. The van der Waals surface area contributed by atoms with Crippen molar-refractivity contribution < 1.29 is 0 Å². The molecule has 0 N–H and O–H groups in total. The minimum atomic E-state index is 1.21. The molecule has 0 spiro atoms. The summed E-state index contributed by atoms with van der Waals surface area (Å²) in [6.07, 6.45) is 0. The van der Waals surface area contributed by atoms with E-state index in [0.717, 1.165) is 0 Å². The number of benzene rings is 13. The molecule has 0 fully saturated rings. The maximum atomic E-state index is 2.52. The molecule has 1 heterocycles. The molecule has 0 atom stereocenters. The number of hydrogen-bond acceptors (Lipinski definition) is 0. The zero-order valence-corrected chi connectivity index (χ0v) is 30.8. The van der Waals surface area contributed by atoms with Crippen LogP contribution in [0.15, 0.2) is 188 Å². The van der Waals surface area contributed by atoms with E-state index in [4.69, 9.17) is 0 Å². The maximum absolute atomic E-state index is 2.52.